The van der Waals surface area contributed by atoms with Gasteiger partial charge < -0.3 is 5.11 Å². The Morgan fingerprint density at radius 3 is 1.88 bits per heavy atom. The Bertz CT molecular complexity index is 160. The minimum atomic E-state index is -0.655. The van der Waals surface area contributed by atoms with Crippen LogP contribution in [-0.2, 0) is 4.79 Å². The number of aliphatic carboxylic acids is 1. The van der Waals surface area contributed by atoms with E-state index >= 15 is 0 Å². The van der Waals surface area contributed by atoms with Gasteiger partial charge >= 0.3 is 24.8 Å². The third-order valence-electron chi connectivity index (χ3n) is 2.91. The van der Waals surface area contributed by atoms with Crippen molar-refractivity contribution >= 4 is 24.8 Å². The van der Waals surface area contributed by atoms with Crippen LogP contribution in [0.15, 0.2) is 0 Å². The van der Waals surface area contributed by atoms with Crippen LogP contribution < -0.4 is 0 Å². The van der Waals surface area contributed by atoms with Crippen molar-refractivity contribution in [2.24, 2.45) is 5.92 Å². The summed E-state index contributed by atoms with van der Waals surface area (Å²) < 4.78 is 0. The Balaban J connectivity index is 0. The molecule has 3 heteroatoms. The summed E-state index contributed by atoms with van der Waals surface area (Å²) in [6, 6.07) is 0. The first kappa shape index (κ1) is 18.4. The van der Waals surface area contributed by atoms with E-state index in [0.29, 0.717) is 0 Å². The molecule has 0 aromatic rings. The van der Waals surface area contributed by atoms with E-state index in [0.717, 1.165) is 12.8 Å². The fourth-order valence-electron chi connectivity index (χ4n) is 1.71. The van der Waals surface area contributed by atoms with E-state index in [-0.39, 0.29) is 24.8 Å². The molecule has 2 nitrogen and oxygen atoms in total. The molecule has 0 aromatic heterocycles. The Hall–Kier alpha value is 0.0674. The summed E-state index contributed by atoms with van der Waals surface area (Å²) in [5.74, 6) is -0.817. The quantitative estimate of drug-likeness (QED) is 0.453. The molecule has 1 atom stereocenters. The molecule has 0 amide bonds. The van der Waals surface area contributed by atoms with E-state index in [1.54, 1.807) is 6.92 Å². The minimum absolute atomic E-state index is 0. The molecule has 0 radical (unpaired) electrons. The summed E-state index contributed by atoms with van der Waals surface area (Å²) >= 11 is 0. The average molecular weight is 222 g/mol. The van der Waals surface area contributed by atoms with Crippen molar-refractivity contribution in [3.63, 3.8) is 0 Å². The average Bonchev–Trinajstić information content (AvgIpc) is 2.21. The van der Waals surface area contributed by atoms with Crippen molar-refractivity contribution in [2.75, 3.05) is 0 Å². The Morgan fingerprint density at radius 2 is 1.44 bits per heavy atom. The molecule has 1 unspecified atom stereocenters. The molecule has 0 spiro atoms. The van der Waals surface area contributed by atoms with Gasteiger partial charge in [0.2, 0.25) is 0 Å². The monoisotopic (exact) mass is 222 g/mol. The van der Waals surface area contributed by atoms with Crippen molar-refractivity contribution in [3.8, 4) is 0 Å². The number of hydrogen-bond acceptors (Lipinski definition) is 1. The molecule has 0 fully saturated rings. The van der Waals surface area contributed by atoms with Crippen LogP contribution >= 0.6 is 0 Å². The van der Waals surface area contributed by atoms with Crippen molar-refractivity contribution in [1.29, 1.82) is 0 Å². The molecule has 0 bridgehead atoms. The van der Waals surface area contributed by atoms with Gasteiger partial charge in [-0.25, -0.2) is 0 Å². The van der Waals surface area contributed by atoms with Gasteiger partial charge in [-0.2, -0.15) is 0 Å². The third kappa shape index (κ3) is 12.1. The van der Waals surface area contributed by atoms with E-state index < -0.39 is 5.97 Å². The predicted octanol–water partition coefficient (Wildman–Crippen LogP) is 3.59. The van der Waals surface area contributed by atoms with Crippen LogP contribution in [0.25, 0.3) is 0 Å². The van der Waals surface area contributed by atoms with E-state index in [4.69, 9.17) is 5.11 Å². The van der Waals surface area contributed by atoms with Crippen LogP contribution in [0.1, 0.15) is 71.6 Å². The van der Waals surface area contributed by atoms with Crippen LogP contribution in [0.2, 0.25) is 0 Å². The number of rotatable bonds is 10. The molecule has 1 N–H and O–H groups in total. The molecule has 0 rings (SSSR count). The number of carbonyl (C=O) groups is 1. The Morgan fingerprint density at radius 1 is 1.00 bits per heavy atom. The van der Waals surface area contributed by atoms with E-state index in [1.165, 1.54) is 44.9 Å². The van der Waals surface area contributed by atoms with Crippen molar-refractivity contribution < 1.29 is 9.90 Å². The SMILES string of the molecule is CCCCCCCCCCC(C)C(=O)O.[LiH]. The molecule has 0 aliphatic heterocycles. The molecule has 0 aliphatic carbocycles. The van der Waals surface area contributed by atoms with Crippen molar-refractivity contribution in [3.05, 3.63) is 0 Å². The van der Waals surface area contributed by atoms with Crippen LogP contribution in [0, 0.1) is 5.92 Å². The van der Waals surface area contributed by atoms with Gasteiger partial charge in [-0.3, -0.25) is 4.79 Å². The molecule has 0 saturated carbocycles. The van der Waals surface area contributed by atoms with E-state index in [2.05, 4.69) is 6.92 Å². The van der Waals surface area contributed by atoms with Gasteiger partial charge in [0.05, 0.1) is 5.92 Å². The molecule has 0 aliphatic rings. The van der Waals surface area contributed by atoms with Crippen LogP contribution in [0.4, 0.5) is 0 Å². The maximum absolute atomic E-state index is 10.5. The molecule has 0 heterocycles. The number of carboxylic acids is 1. The van der Waals surface area contributed by atoms with Gasteiger partial charge in [0.15, 0.2) is 0 Å². The number of carboxylic acid groups (broad SMARTS) is 1. The van der Waals surface area contributed by atoms with Crippen LogP contribution in [-0.4, -0.2) is 29.9 Å². The van der Waals surface area contributed by atoms with Gasteiger partial charge in [0.25, 0.3) is 0 Å². The Kier molecular flexibility index (Phi) is 15.1. The summed E-state index contributed by atoms with van der Waals surface area (Å²) in [6.45, 7) is 4.02. The summed E-state index contributed by atoms with van der Waals surface area (Å²) in [7, 11) is 0. The fraction of sp³-hybridized carbons (Fsp3) is 0.923. The summed E-state index contributed by atoms with van der Waals surface area (Å²) in [5, 5.41) is 8.68. The van der Waals surface area contributed by atoms with E-state index in [1.807, 2.05) is 0 Å². The number of hydrogen-bond donors (Lipinski definition) is 1. The van der Waals surface area contributed by atoms with Crippen molar-refractivity contribution in [2.45, 2.75) is 71.6 Å². The molecule has 16 heavy (non-hydrogen) atoms. The fourth-order valence-corrected chi connectivity index (χ4v) is 1.71. The first-order chi connectivity index (χ1) is 7.18. The second-order valence-electron chi connectivity index (χ2n) is 4.50. The zero-order chi connectivity index (χ0) is 11.5. The predicted molar refractivity (Wildman–Crippen MR) is 71.2 cm³/mol. The topological polar surface area (TPSA) is 37.3 Å². The summed E-state index contributed by atoms with van der Waals surface area (Å²) in [6.07, 6.45) is 11.1. The second kappa shape index (κ2) is 13.1. The first-order valence-electron chi connectivity index (χ1n) is 6.41. The van der Waals surface area contributed by atoms with Crippen molar-refractivity contribution in [1.82, 2.24) is 0 Å². The standard InChI is InChI=1S/C13H26O2.Li.H/c1-3-4-5-6-7-8-9-10-11-12(2)13(14)15;;/h12H,3-11H2,1-2H3,(H,14,15);;. The van der Waals surface area contributed by atoms with Gasteiger partial charge in [-0.1, -0.05) is 65.2 Å². The summed E-state index contributed by atoms with van der Waals surface area (Å²) in [4.78, 5) is 10.5. The molecule has 0 saturated heterocycles. The van der Waals surface area contributed by atoms with Crippen LogP contribution in [0.3, 0.4) is 0 Å². The van der Waals surface area contributed by atoms with Gasteiger partial charge in [0.1, 0.15) is 0 Å². The van der Waals surface area contributed by atoms with Gasteiger partial charge in [-0.15, -0.1) is 0 Å². The second-order valence-corrected chi connectivity index (χ2v) is 4.50. The maximum atomic E-state index is 10.5. The molecular weight excluding hydrogens is 195 g/mol. The first-order valence-corrected chi connectivity index (χ1v) is 6.41. The van der Waals surface area contributed by atoms with E-state index in [9.17, 15) is 4.79 Å². The Labute approximate surface area is 112 Å². The summed E-state index contributed by atoms with van der Waals surface area (Å²) in [5.41, 5.74) is 0. The van der Waals surface area contributed by atoms with Gasteiger partial charge in [-0.05, 0) is 6.42 Å². The molecular formula is C13H27LiO2. The zero-order valence-corrected chi connectivity index (χ0v) is 10.3. The van der Waals surface area contributed by atoms with Gasteiger partial charge in [0, 0.05) is 0 Å². The molecule has 92 valence electrons. The van der Waals surface area contributed by atoms with Crippen LogP contribution in [0.5, 0.6) is 0 Å². The number of unbranched alkanes of at least 4 members (excludes halogenated alkanes) is 7. The normalized spacial score (nSPS) is 11.9. The third-order valence-corrected chi connectivity index (χ3v) is 2.91. The zero-order valence-electron chi connectivity index (χ0n) is 10.3. The molecule has 0 aromatic carbocycles.